The molecule has 2 heterocycles. The van der Waals surface area contributed by atoms with Gasteiger partial charge in [-0.1, -0.05) is 0 Å². The molecule has 1 amide bonds. The van der Waals surface area contributed by atoms with Crippen molar-refractivity contribution in [3.8, 4) is 0 Å². The number of fused-ring (bicyclic) bond motifs is 1. The molecule has 2 aliphatic rings. The summed E-state index contributed by atoms with van der Waals surface area (Å²) in [5.41, 5.74) is 0. The summed E-state index contributed by atoms with van der Waals surface area (Å²) in [5, 5.41) is 41.7. The van der Waals surface area contributed by atoms with Crippen LogP contribution in [0.1, 0.15) is 13.3 Å². The van der Waals surface area contributed by atoms with Gasteiger partial charge in [0.05, 0.1) is 37.0 Å². The van der Waals surface area contributed by atoms with Gasteiger partial charge >= 0.3 is 0 Å². The highest BCUT2D eigenvalue weighted by Gasteiger charge is 2.56. The lowest BCUT2D eigenvalue weighted by Gasteiger charge is -2.29. The molecule has 104 valence electrons. The van der Waals surface area contributed by atoms with Crippen molar-refractivity contribution in [3.63, 3.8) is 0 Å². The molecule has 6 atom stereocenters. The molecule has 0 aliphatic carbocycles. The fraction of sp³-hybridized carbons (Fsp3) is 0.909. The van der Waals surface area contributed by atoms with Gasteiger partial charge in [0.15, 0.2) is 0 Å². The molecular weight excluding hydrogens is 240 g/mol. The number of nitrogens with zero attached hydrogens (tertiary/aromatic N) is 1. The third-order valence-electron chi connectivity index (χ3n) is 3.92. The molecule has 5 N–H and O–H groups in total. The monoisotopic (exact) mass is 260 g/mol. The molecule has 2 rings (SSSR count). The van der Waals surface area contributed by atoms with Gasteiger partial charge in [0, 0.05) is 19.5 Å². The van der Waals surface area contributed by atoms with E-state index in [1.807, 2.05) is 0 Å². The summed E-state index contributed by atoms with van der Waals surface area (Å²) in [6, 6.07) is -1.35. The molecule has 0 aromatic heterocycles. The summed E-state index contributed by atoms with van der Waals surface area (Å²) in [5.74, 6) is -0.222. The average Bonchev–Trinajstić information content (AvgIpc) is 2.76. The average molecular weight is 260 g/mol. The second-order valence-electron chi connectivity index (χ2n) is 5.06. The van der Waals surface area contributed by atoms with Crippen molar-refractivity contribution in [3.05, 3.63) is 0 Å². The predicted octanol–water partition coefficient (Wildman–Crippen LogP) is -2.98. The van der Waals surface area contributed by atoms with Gasteiger partial charge in [0.2, 0.25) is 5.91 Å². The largest absolute Gasteiger partial charge is 0.395 e. The Labute approximate surface area is 105 Å². The number of hydrogen-bond donors (Lipinski definition) is 5. The lowest BCUT2D eigenvalue weighted by Crippen LogP contribution is -2.49. The van der Waals surface area contributed by atoms with Crippen LogP contribution in [0, 0.1) is 0 Å². The Bertz CT molecular complexity index is 327. The third kappa shape index (κ3) is 2.12. The molecule has 7 heteroatoms. The maximum Gasteiger partial charge on any atom is 0.216 e. The Morgan fingerprint density at radius 1 is 1.33 bits per heavy atom. The zero-order valence-electron chi connectivity index (χ0n) is 10.2. The van der Waals surface area contributed by atoms with Crippen LogP contribution in [-0.2, 0) is 4.79 Å². The molecule has 2 fully saturated rings. The second-order valence-corrected chi connectivity index (χ2v) is 5.06. The van der Waals surface area contributed by atoms with Gasteiger partial charge in [-0.15, -0.1) is 0 Å². The van der Waals surface area contributed by atoms with E-state index >= 15 is 0 Å². The lowest BCUT2D eigenvalue weighted by molar-refractivity contribution is -0.119. The summed E-state index contributed by atoms with van der Waals surface area (Å²) in [6.07, 6.45) is -2.50. The molecule has 0 bridgehead atoms. The van der Waals surface area contributed by atoms with E-state index in [0.717, 1.165) is 0 Å². The Balaban J connectivity index is 2.15. The van der Waals surface area contributed by atoms with Crippen LogP contribution in [0.4, 0.5) is 0 Å². The van der Waals surface area contributed by atoms with Gasteiger partial charge < -0.3 is 25.7 Å². The third-order valence-corrected chi connectivity index (χ3v) is 3.92. The number of nitrogens with one attached hydrogen (secondary N) is 1. The first-order chi connectivity index (χ1) is 8.47. The van der Waals surface area contributed by atoms with Crippen molar-refractivity contribution in [1.82, 2.24) is 10.2 Å². The smallest absolute Gasteiger partial charge is 0.216 e. The van der Waals surface area contributed by atoms with Gasteiger partial charge in [-0.3, -0.25) is 9.69 Å². The molecule has 2 saturated heterocycles. The van der Waals surface area contributed by atoms with Crippen LogP contribution in [0.3, 0.4) is 0 Å². The van der Waals surface area contributed by atoms with Crippen LogP contribution in [0.15, 0.2) is 0 Å². The second kappa shape index (κ2) is 5.10. The van der Waals surface area contributed by atoms with E-state index in [-0.39, 0.29) is 25.1 Å². The standard InChI is InChI=1S/C11H20N2O5/c1-5(15)12-3-7-10(17)11(18)9-8(16)2-6(4-14)13(7)9/h6-11,14,16-18H,2-4H2,1H3,(H,12,15)/t6-,7+,8+,9+,10+,11-/m1/s1. The number of amides is 1. The van der Waals surface area contributed by atoms with Gasteiger partial charge in [-0.05, 0) is 6.42 Å². The molecule has 0 radical (unpaired) electrons. The summed E-state index contributed by atoms with van der Waals surface area (Å²) in [4.78, 5) is 12.7. The molecule has 0 aromatic carbocycles. The molecule has 0 unspecified atom stereocenters. The van der Waals surface area contributed by atoms with Gasteiger partial charge in [0.25, 0.3) is 0 Å². The van der Waals surface area contributed by atoms with Crippen molar-refractivity contribution in [1.29, 1.82) is 0 Å². The fourth-order valence-electron chi connectivity index (χ4n) is 3.13. The van der Waals surface area contributed by atoms with E-state index in [1.165, 1.54) is 6.92 Å². The van der Waals surface area contributed by atoms with E-state index in [9.17, 15) is 25.2 Å². The summed E-state index contributed by atoms with van der Waals surface area (Å²) in [7, 11) is 0. The van der Waals surface area contributed by atoms with Crippen molar-refractivity contribution in [2.75, 3.05) is 13.2 Å². The van der Waals surface area contributed by atoms with Crippen LogP contribution in [0.2, 0.25) is 0 Å². The van der Waals surface area contributed by atoms with E-state index in [2.05, 4.69) is 5.32 Å². The van der Waals surface area contributed by atoms with Crippen LogP contribution < -0.4 is 5.32 Å². The van der Waals surface area contributed by atoms with Crippen molar-refractivity contribution < 1.29 is 25.2 Å². The minimum Gasteiger partial charge on any atom is -0.395 e. The van der Waals surface area contributed by atoms with Crippen LogP contribution in [0.5, 0.6) is 0 Å². The van der Waals surface area contributed by atoms with E-state index < -0.39 is 30.4 Å². The zero-order valence-corrected chi connectivity index (χ0v) is 10.2. The normalized spacial score (nSPS) is 44.1. The molecule has 0 aromatic rings. The van der Waals surface area contributed by atoms with Crippen LogP contribution in [0.25, 0.3) is 0 Å². The van der Waals surface area contributed by atoms with Crippen LogP contribution in [-0.4, -0.2) is 80.8 Å². The van der Waals surface area contributed by atoms with Gasteiger partial charge in [-0.2, -0.15) is 0 Å². The maximum absolute atomic E-state index is 10.9. The molecule has 0 saturated carbocycles. The zero-order chi connectivity index (χ0) is 13.4. The number of hydrogen-bond acceptors (Lipinski definition) is 6. The van der Waals surface area contributed by atoms with E-state index in [0.29, 0.717) is 6.42 Å². The predicted molar refractivity (Wildman–Crippen MR) is 61.6 cm³/mol. The first-order valence-corrected chi connectivity index (χ1v) is 6.14. The highest BCUT2D eigenvalue weighted by molar-refractivity contribution is 5.72. The Hall–Kier alpha value is -0.730. The van der Waals surface area contributed by atoms with E-state index in [4.69, 9.17) is 0 Å². The number of rotatable bonds is 3. The first-order valence-electron chi connectivity index (χ1n) is 6.14. The van der Waals surface area contributed by atoms with Gasteiger partial charge in [-0.25, -0.2) is 0 Å². The fourth-order valence-corrected chi connectivity index (χ4v) is 3.13. The minimum absolute atomic E-state index is 0.149. The number of aliphatic hydroxyl groups is 4. The number of carbonyl (C=O) groups is 1. The summed E-state index contributed by atoms with van der Waals surface area (Å²) < 4.78 is 0. The Morgan fingerprint density at radius 2 is 2.00 bits per heavy atom. The Kier molecular flexibility index (Phi) is 3.88. The van der Waals surface area contributed by atoms with Crippen molar-refractivity contribution in [2.45, 2.75) is 49.8 Å². The van der Waals surface area contributed by atoms with E-state index in [1.54, 1.807) is 4.90 Å². The van der Waals surface area contributed by atoms with Crippen LogP contribution >= 0.6 is 0 Å². The van der Waals surface area contributed by atoms with Gasteiger partial charge in [0.1, 0.15) is 0 Å². The summed E-state index contributed by atoms with van der Waals surface area (Å²) >= 11 is 0. The van der Waals surface area contributed by atoms with Crippen molar-refractivity contribution in [2.24, 2.45) is 0 Å². The molecule has 2 aliphatic heterocycles. The first kappa shape index (κ1) is 13.7. The molecule has 7 nitrogen and oxygen atoms in total. The maximum atomic E-state index is 10.9. The highest BCUT2D eigenvalue weighted by Crippen LogP contribution is 2.37. The Morgan fingerprint density at radius 3 is 2.56 bits per heavy atom. The quantitative estimate of drug-likeness (QED) is 0.370. The number of aliphatic hydroxyl groups excluding tert-OH is 4. The SMILES string of the molecule is CC(=O)NC[C@H]1[C@H](O)[C@H](O)[C@@H]2[C@@H](O)C[C@H](CO)N21. The molecule has 18 heavy (non-hydrogen) atoms. The number of carbonyl (C=O) groups excluding carboxylic acids is 1. The van der Waals surface area contributed by atoms with Crippen molar-refractivity contribution >= 4 is 5.91 Å². The topological polar surface area (TPSA) is 113 Å². The lowest BCUT2D eigenvalue weighted by atomic mass is 10.0. The summed E-state index contributed by atoms with van der Waals surface area (Å²) in [6.45, 7) is 1.41. The minimum atomic E-state index is -1.06. The molecule has 0 spiro atoms. The molecular formula is C11H20N2O5. The highest BCUT2D eigenvalue weighted by atomic mass is 16.3.